The summed E-state index contributed by atoms with van der Waals surface area (Å²) in [4.78, 5) is 23.6. The first-order valence-electron chi connectivity index (χ1n) is 5.00. The standard InChI is InChI=1S/C11H13ClO4/c1-4-15-10-6(3)8(13)11(16-5-2)7(12)9(10)14/h4-5H2,1-3H3. The number of halogens is 1. The summed E-state index contributed by atoms with van der Waals surface area (Å²) in [6.45, 7) is 5.55. The second-order valence-corrected chi connectivity index (χ2v) is 3.50. The molecule has 0 radical (unpaired) electrons. The number of rotatable bonds is 4. The minimum atomic E-state index is -0.496. The summed E-state index contributed by atoms with van der Waals surface area (Å²) >= 11 is 5.77. The Hall–Kier alpha value is -1.29. The lowest BCUT2D eigenvalue weighted by molar-refractivity contribution is -0.120. The van der Waals surface area contributed by atoms with Crippen LogP contribution in [-0.2, 0) is 19.1 Å². The van der Waals surface area contributed by atoms with E-state index in [0.29, 0.717) is 6.61 Å². The van der Waals surface area contributed by atoms with Crippen LogP contribution in [0.4, 0.5) is 0 Å². The molecule has 0 spiro atoms. The lowest BCUT2D eigenvalue weighted by Gasteiger charge is -2.18. The first kappa shape index (κ1) is 12.8. The molecule has 0 amide bonds. The smallest absolute Gasteiger partial charge is 0.243 e. The maximum absolute atomic E-state index is 11.8. The molecule has 0 aromatic heterocycles. The fraction of sp³-hybridized carbons (Fsp3) is 0.455. The number of carbonyl (C=O) groups excluding carboxylic acids is 2. The largest absolute Gasteiger partial charge is 0.489 e. The molecule has 0 aliphatic heterocycles. The van der Waals surface area contributed by atoms with Crippen molar-refractivity contribution >= 4 is 23.2 Å². The predicted octanol–water partition coefficient (Wildman–Crippen LogP) is 1.94. The number of ether oxygens (including phenoxy) is 2. The van der Waals surface area contributed by atoms with Crippen LogP contribution in [0.5, 0.6) is 0 Å². The highest BCUT2D eigenvalue weighted by Gasteiger charge is 2.34. The highest BCUT2D eigenvalue weighted by atomic mass is 35.5. The van der Waals surface area contributed by atoms with E-state index < -0.39 is 11.6 Å². The number of ketones is 2. The maximum atomic E-state index is 11.8. The summed E-state index contributed by atoms with van der Waals surface area (Å²) in [7, 11) is 0. The van der Waals surface area contributed by atoms with E-state index in [1.807, 2.05) is 0 Å². The third-order valence-corrected chi connectivity index (χ3v) is 2.41. The van der Waals surface area contributed by atoms with E-state index in [0.717, 1.165) is 0 Å². The van der Waals surface area contributed by atoms with Crippen molar-refractivity contribution in [1.82, 2.24) is 0 Å². The maximum Gasteiger partial charge on any atom is 0.243 e. The Morgan fingerprint density at radius 1 is 1.00 bits per heavy atom. The Morgan fingerprint density at radius 3 is 2.00 bits per heavy atom. The molecule has 0 bridgehead atoms. The highest BCUT2D eigenvalue weighted by Crippen LogP contribution is 2.28. The minimum absolute atomic E-state index is 0.0148. The van der Waals surface area contributed by atoms with Gasteiger partial charge in [-0.05, 0) is 20.8 Å². The van der Waals surface area contributed by atoms with E-state index in [1.54, 1.807) is 13.8 Å². The van der Waals surface area contributed by atoms with Crippen LogP contribution in [0.3, 0.4) is 0 Å². The van der Waals surface area contributed by atoms with Gasteiger partial charge in [-0.1, -0.05) is 11.6 Å². The Labute approximate surface area is 98.9 Å². The number of hydrogen-bond donors (Lipinski definition) is 0. The second-order valence-electron chi connectivity index (χ2n) is 3.12. The summed E-state index contributed by atoms with van der Waals surface area (Å²) in [6.07, 6.45) is 0. The van der Waals surface area contributed by atoms with Gasteiger partial charge in [0.1, 0.15) is 5.03 Å². The van der Waals surface area contributed by atoms with Crippen LogP contribution in [0, 0.1) is 0 Å². The van der Waals surface area contributed by atoms with E-state index in [2.05, 4.69) is 0 Å². The van der Waals surface area contributed by atoms with E-state index >= 15 is 0 Å². The van der Waals surface area contributed by atoms with Crippen molar-refractivity contribution < 1.29 is 19.1 Å². The van der Waals surface area contributed by atoms with Gasteiger partial charge in [0.25, 0.3) is 0 Å². The summed E-state index contributed by atoms with van der Waals surface area (Å²) in [5, 5.41) is -0.207. The lowest BCUT2D eigenvalue weighted by atomic mass is 10.0. The van der Waals surface area contributed by atoms with Crippen molar-refractivity contribution in [2.24, 2.45) is 0 Å². The summed E-state index contributed by atoms with van der Waals surface area (Å²) < 4.78 is 10.2. The Balaban J connectivity index is 3.15. The first-order valence-corrected chi connectivity index (χ1v) is 5.38. The molecule has 16 heavy (non-hydrogen) atoms. The van der Waals surface area contributed by atoms with Crippen molar-refractivity contribution in [2.45, 2.75) is 20.8 Å². The molecule has 1 aliphatic carbocycles. The zero-order valence-corrected chi connectivity index (χ0v) is 10.2. The molecule has 0 N–H and O–H groups in total. The molecule has 1 rings (SSSR count). The van der Waals surface area contributed by atoms with Crippen LogP contribution in [0.25, 0.3) is 0 Å². The molecule has 5 heteroatoms. The number of carbonyl (C=O) groups is 2. The van der Waals surface area contributed by atoms with Crippen molar-refractivity contribution in [3.63, 3.8) is 0 Å². The molecule has 0 fully saturated rings. The summed E-state index contributed by atoms with van der Waals surface area (Å²) in [5.41, 5.74) is 0.236. The van der Waals surface area contributed by atoms with Crippen LogP contribution in [0.1, 0.15) is 20.8 Å². The van der Waals surface area contributed by atoms with Crippen molar-refractivity contribution in [2.75, 3.05) is 13.2 Å². The molecule has 0 saturated carbocycles. The molecule has 0 unspecified atom stereocenters. The van der Waals surface area contributed by atoms with Gasteiger partial charge in [-0.15, -0.1) is 0 Å². The minimum Gasteiger partial charge on any atom is -0.489 e. The molecular formula is C11H13ClO4. The van der Waals surface area contributed by atoms with Gasteiger partial charge in [0.2, 0.25) is 11.6 Å². The van der Waals surface area contributed by atoms with Gasteiger partial charge in [0, 0.05) is 5.57 Å². The van der Waals surface area contributed by atoms with Gasteiger partial charge in [-0.2, -0.15) is 0 Å². The normalized spacial score (nSPS) is 17.0. The number of Topliss-reactive ketones (excluding diaryl/α,β-unsaturated/α-hetero) is 2. The van der Waals surface area contributed by atoms with E-state index in [-0.39, 0.29) is 28.7 Å². The SMILES string of the molecule is CCOC1=C(C)C(=O)C(OCC)=C(Cl)C1=O. The molecule has 0 saturated heterocycles. The monoisotopic (exact) mass is 244 g/mol. The van der Waals surface area contributed by atoms with Crippen LogP contribution in [0.15, 0.2) is 22.1 Å². The number of allylic oxidation sites excluding steroid dienone is 2. The quantitative estimate of drug-likeness (QED) is 0.709. The lowest BCUT2D eigenvalue weighted by Crippen LogP contribution is -2.24. The van der Waals surface area contributed by atoms with E-state index in [4.69, 9.17) is 21.1 Å². The van der Waals surface area contributed by atoms with Crippen LogP contribution < -0.4 is 0 Å². The van der Waals surface area contributed by atoms with Gasteiger partial charge in [0.05, 0.1) is 13.2 Å². The zero-order valence-electron chi connectivity index (χ0n) is 9.43. The molecule has 1 aliphatic rings. The van der Waals surface area contributed by atoms with Gasteiger partial charge in [0.15, 0.2) is 11.5 Å². The number of hydrogen-bond acceptors (Lipinski definition) is 4. The van der Waals surface area contributed by atoms with Crippen molar-refractivity contribution in [1.29, 1.82) is 0 Å². The van der Waals surface area contributed by atoms with Crippen LogP contribution in [0.2, 0.25) is 0 Å². The van der Waals surface area contributed by atoms with Gasteiger partial charge in [-0.25, -0.2) is 0 Å². The third-order valence-electron chi connectivity index (χ3n) is 2.07. The predicted molar refractivity (Wildman–Crippen MR) is 58.8 cm³/mol. The molecule has 88 valence electrons. The van der Waals surface area contributed by atoms with Gasteiger partial charge < -0.3 is 9.47 Å². The second kappa shape index (κ2) is 5.16. The fourth-order valence-electron chi connectivity index (χ4n) is 1.34. The Bertz CT molecular complexity index is 355. The summed E-state index contributed by atoms with van der Waals surface area (Å²) in [5.74, 6) is -0.963. The van der Waals surface area contributed by atoms with Crippen LogP contribution >= 0.6 is 11.6 Å². The Kier molecular flexibility index (Phi) is 4.12. The molecular weight excluding hydrogens is 232 g/mol. The first-order chi connectivity index (χ1) is 7.54. The molecule has 0 heterocycles. The molecule has 0 aromatic carbocycles. The third kappa shape index (κ3) is 2.11. The van der Waals surface area contributed by atoms with E-state index in [9.17, 15) is 9.59 Å². The zero-order chi connectivity index (χ0) is 12.3. The molecule has 0 atom stereocenters. The average Bonchev–Trinajstić information content (AvgIpc) is 2.28. The highest BCUT2D eigenvalue weighted by molar-refractivity contribution is 6.48. The van der Waals surface area contributed by atoms with Gasteiger partial charge >= 0.3 is 0 Å². The van der Waals surface area contributed by atoms with E-state index in [1.165, 1.54) is 6.92 Å². The van der Waals surface area contributed by atoms with Crippen molar-refractivity contribution in [3.05, 3.63) is 22.1 Å². The van der Waals surface area contributed by atoms with Gasteiger partial charge in [-0.3, -0.25) is 9.59 Å². The van der Waals surface area contributed by atoms with Crippen molar-refractivity contribution in [3.8, 4) is 0 Å². The average molecular weight is 245 g/mol. The molecule has 0 aromatic rings. The van der Waals surface area contributed by atoms with Crippen LogP contribution in [-0.4, -0.2) is 24.8 Å². The molecule has 4 nitrogen and oxygen atoms in total. The Morgan fingerprint density at radius 2 is 1.50 bits per heavy atom. The fourth-order valence-corrected chi connectivity index (χ4v) is 1.56. The summed E-state index contributed by atoms with van der Waals surface area (Å²) in [6, 6.07) is 0. The topological polar surface area (TPSA) is 52.6 Å².